The SMILES string of the molecule is CC(CC(=O)NC1CCCNC1)NC(=O)C1CCCCC1. The summed E-state index contributed by atoms with van der Waals surface area (Å²) in [5, 5.41) is 9.34. The molecule has 0 aromatic heterocycles. The predicted molar refractivity (Wildman–Crippen MR) is 82.8 cm³/mol. The largest absolute Gasteiger partial charge is 0.353 e. The number of piperidine rings is 1. The zero-order valence-corrected chi connectivity index (χ0v) is 13.1. The second kappa shape index (κ2) is 8.37. The lowest BCUT2D eigenvalue weighted by atomic mass is 9.88. The zero-order chi connectivity index (χ0) is 15.1. The molecule has 0 aromatic carbocycles. The standard InChI is InChI=1S/C16H29N3O2/c1-12(18-16(21)13-6-3-2-4-7-13)10-15(20)19-14-8-5-9-17-11-14/h12-14,17H,2-11H2,1H3,(H,18,21)(H,19,20). The summed E-state index contributed by atoms with van der Waals surface area (Å²) in [6.45, 7) is 3.81. The van der Waals surface area contributed by atoms with Crippen LogP contribution in [0, 0.1) is 5.92 Å². The molecule has 1 saturated heterocycles. The van der Waals surface area contributed by atoms with Crippen molar-refractivity contribution in [1.29, 1.82) is 0 Å². The van der Waals surface area contributed by atoms with Gasteiger partial charge in [0, 0.05) is 31.0 Å². The van der Waals surface area contributed by atoms with E-state index in [1.807, 2.05) is 6.92 Å². The summed E-state index contributed by atoms with van der Waals surface area (Å²) in [6, 6.07) is 0.156. The minimum absolute atomic E-state index is 0.0418. The van der Waals surface area contributed by atoms with Gasteiger partial charge in [0.15, 0.2) is 0 Å². The van der Waals surface area contributed by atoms with E-state index in [1.54, 1.807) is 0 Å². The van der Waals surface area contributed by atoms with Gasteiger partial charge in [0.05, 0.1) is 0 Å². The van der Waals surface area contributed by atoms with Gasteiger partial charge in [0.1, 0.15) is 0 Å². The summed E-state index contributed by atoms with van der Waals surface area (Å²) in [7, 11) is 0. The fourth-order valence-electron chi connectivity index (χ4n) is 3.32. The van der Waals surface area contributed by atoms with Crippen molar-refractivity contribution in [2.75, 3.05) is 13.1 Å². The number of carbonyl (C=O) groups is 2. The van der Waals surface area contributed by atoms with E-state index in [0.29, 0.717) is 6.42 Å². The first-order valence-corrected chi connectivity index (χ1v) is 8.45. The molecule has 0 bridgehead atoms. The minimum atomic E-state index is -0.0871. The molecule has 1 aliphatic carbocycles. The van der Waals surface area contributed by atoms with E-state index in [2.05, 4.69) is 16.0 Å². The number of amides is 2. The first-order chi connectivity index (χ1) is 10.1. The van der Waals surface area contributed by atoms with Gasteiger partial charge in [0.2, 0.25) is 11.8 Å². The average molecular weight is 295 g/mol. The molecule has 2 fully saturated rings. The molecule has 1 saturated carbocycles. The number of nitrogens with one attached hydrogen (secondary N) is 3. The molecule has 3 N–H and O–H groups in total. The van der Waals surface area contributed by atoms with E-state index in [4.69, 9.17) is 0 Å². The Kier molecular flexibility index (Phi) is 6.49. The van der Waals surface area contributed by atoms with Crippen molar-refractivity contribution < 1.29 is 9.59 Å². The Bertz CT molecular complexity index is 347. The van der Waals surface area contributed by atoms with Crippen molar-refractivity contribution in [1.82, 2.24) is 16.0 Å². The molecule has 2 unspecified atom stereocenters. The molecule has 2 rings (SSSR count). The van der Waals surface area contributed by atoms with Crippen LogP contribution in [-0.2, 0) is 9.59 Å². The zero-order valence-electron chi connectivity index (χ0n) is 13.1. The molecule has 2 aliphatic rings. The van der Waals surface area contributed by atoms with Crippen molar-refractivity contribution >= 4 is 11.8 Å². The summed E-state index contributed by atoms with van der Waals surface area (Å²) in [4.78, 5) is 24.1. The van der Waals surface area contributed by atoms with Crippen LogP contribution >= 0.6 is 0 Å². The van der Waals surface area contributed by atoms with Gasteiger partial charge in [-0.1, -0.05) is 19.3 Å². The van der Waals surface area contributed by atoms with Crippen LogP contribution in [0.3, 0.4) is 0 Å². The van der Waals surface area contributed by atoms with Crippen LogP contribution in [0.2, 0.25) is 0 Å². The lowest BCUT2D eigenvalue weighted by Crippen LogP contribution is -2.47. The molecule has 1 heterocycles. The van der Waals surface area contributed by atoms with E-state index in [0.717, 1.165) is 51.6 Å². The normalized spacial score (nSPS) is 25.1. The first kappa shape index (κ1) is 16.3. The van der Waals surface area contributed by atoms with E-state index in [9.17, 15) is 9.59 Å². The molecule has 0 aromatic rings. The second-order valence-electron chi connectivity index (χ2n) is 6.56. The molecule has 1 aliphatic heterocycles. The van der Waals surface area contributed by atoms with Gasteiger partial charge >= 0.3 is 0 Å². The Hall–Kier alpha value is -1.10. The van der Waals surface area contributed by atoms with E-state index >= 15 is 0 Å². The quantitative estimate of drug-likeness (QED) is 0.716. The maximum Gasteiger partial charge on any atom is 0.223 e. The van der Waals surface area contributed by atoms with Crippen LogP contribution in [0.4, 0.5) is 0 Å². The Morgan fingerprint density at radius 2 is 1.90 bits per heavy atom. The van der Waals surface area contributed by atoms with Crippen LogP contribution in [0.25, 0.3) is 0 Å². The molecule has 0 spiro atoms. The Balaban J connectivity index is 1.66. The van der Waals surface area contributed by atoms with Gasteiger partial charge in [-0.25, -0.2) is 0 Å². The van der Waals surface area contributed by atoms with Gasteiger partial charge in [0.25, 0.3) is 0 Å². The molecular weight excluding hydrogens is 266 g/mol. The topological polar surface area (TPSA) is 70.2 Å². The van der Waals surface area contributed by atoms with Gasteiger partial charge in [-0.3, -0.25) is 9.59 Å². The molecule has 21 heavy (non-hydrogen) atoms. The van der Waals surface area contributed by atoms with Gasteiger partial charge in [-0.05, 0) is 39.2 Å². The minimum Gasteiger partial charge on any atom is -0.353 e. The lowest BCUT2D eigenvalue weighted by Gasteiger charge is -2.25. The molecular formula is C16H29N3O2. The fourth-order valence-corrected chi connectivity index (χ4v) is 3.32. The summed E-state index contributed by atoms with van der Waals surface area (Å²) in [5.74, 6) is 0.335. The highest BCUT2D eigenvalue weighted by Crippen LogP contribution is 2.23. The van der Waals surface area contributed by atoms with Gasteiger partial charge in [-0.2, -0.15) is 0 Å². The third-order valence-electron chi connectivity index (χ3n) is 4.52. The van der Waals surface area contributed by atoms with E-state index in [1.165, 1.54) is 6.42 Å². The highest BCUT2D eigenvalue weighted by atomic mass is 16.2. The summed E-state index contributed by atoms with van der Waals surface area (Å²) in [6.07, 6.45) is 8.08. The first-order valence-electron chi connectivity index (χ1n) is 8.45. The Morgan fingerprint density at radius 1 is 1.14 bits per heavy atom. The molecule has 2 amide bonds. The highest BCUT2D eigenvalue weighted by Gasteiger charge is 2.23. The van der Waals surface area contributed by atoms with E-state index < -0.39 is 0 Å². The third-order valence-corrected chi connectivity index (χ3v) is 4.52. The maximum absolute atomic E-state index is 12.1. The molecule has 0 radical (unpaired) electrons. The maximum atomic E-state index is 12.1. The van der Waals surface area contributed by atoms with Crippen LogP contribution in [0.5, 0.6) is 0 Å². The lowest BCUT2D eigenvalue weighted by molar-refractivity contribution is -0.127. The van der Waals surface area contributed by atoms with Crippen LogP contribution < -0.4 is 16.0 Å². The number of hydrogen-bond acceptors (Lipinski definition) is 3. The van der Waals surface area contributed by atoms with Crippen LogP contribution in [0.1, 0.15) is 58.3 Å². The predicted octanol–water partition coefficient (Wildman–Crippen LogP) is 1.33. The highest BCUT2D eigenvalue weighted by molar-refractivity contribution is 5.81. The summed E-state index contributed by atoms with van der Waals surface area (Å²) >= 11 is 0. The van der Waals surface area contributed by atoms with E-state index in [-0.39, 0.29) is 29.8 Å². The average Bonchev–Trinajstić information content (AvgIpc) is 2.48. The molecule has 120 valence electrons. The van der Waals surface area contributed by atoms with Crippen LogP contribution in [-0.4, -0.2) is 37.0 Å². The number of rotatable bonds is 5. The number of hydrogen-bond donors (Lipinski definition) is 3. The number of carbonyl (C=O) groups excluding carboxylic acids is 2. The Labute approximate surface area is 127 Å². The summed E-state index contributed by atoms with van der Waals surface area (Å²) in [5.41, 5.74) is 0. The van der Waals surface area contributed by atoms with Gasteiger partial charge < -0.3 is 16.0 Å². The van der Waals surface area contributed by atoms with Crippen molar-refractivity contribution in [3.63, 3.8) is 0 Å². The fraction of sp³-hybridized carbons (Fsp3) is 0.875. The third kappa shape index (κ3) is 5.65. The van der Waals surface area contributed by atoms with Crippen LogP contribution in [0.15, 0.2) is 0 Å². The van der Waals surface area contributed by atoms with Crippen molar-refractivity contribution in [3.05, 3.63) is 0 Å². The molecule has 5 nitrogen and oxygen atoms in total. The smallest absolute Gasteiger partial charge is 0.223 e. The van der Waals surface area contributed by atoms with Gasteiger partial charge in [-0.15, -0.1) is 0 Å². The van der Waals surface area contributed by atoms with Crippen molar-refractivity contribution in [3.8, 4) is 0 Å². The second-order valence-corrected chi connectivity index (χ2v) is 6.56. The van der Waals surface area contributed by atoms with Crippen molar-refractivity contribution in [2.45, 2.75) is 70.4 Å². The molecule has 5 heteroatoms. The van der Waals surface area contributed by atoms with Crippen molar-refractivity contribution in [2.24, 2.45) is 5.92 Å². The monoisotopic (exact) mass is 295 g/mol. The Morgan fingerprint density at radius 3 is 2.57 bits per heavy atom. The summed E-state index contributed by atoms with van der Waals surface area (Å²) < 4.78 is 0. The molecule has 2 atom stereocenters.